The maximum atomic E-state index is 11.7. The topological polar surface area (TPSA) is 68.3 Å². The Morgan fingerprint density at radius 3 is 2.53 bits per heavy atom. The molecule has 0 saturated carbocycles. The lowest BCUT2D eigenvalue weighted by atomic mass is 10.1. The summed E-state index contributed by atoms with van der Waals surface area (Å²) in [6.45, 7) is 0. The summed E-state index contributed by atoms with van der Waals surface area (Å²) in [5.74, 6) is -0.947. The van der Waals surface area contributed by atoms with Crippen LogP contribution in [0.5, 0.6) is 0 Å². The predicted octanol–water partition coefficient (Wildman–Crippen LogP) is 0.0420. The van der Waals surface area contributed by atoms with Crippen LogP contribution >= 0.6 is 0 Å². The zero-order chi connectivity index (χ0) is 11.1. The number of carbonyl (C=O) groups is 1. The fourth-order valence-corrected chi connectivity index (χ4v) is 3.71. The first-order chi connectivity index (χ1) is 7.06. The summed E-state index contributed by atoms with van der Waals surface area (Å²) in [4.78, 5) is 11.5. The number of hydrogen-bond donors (Lipinski definition) is 0. The molecule has 0 saturated heterocycles. The Balaban J connectivity index is 2.83. The monoisotopic (exact) mass is 242 g/mol. The van der Waals surface area contributed by atoms with E-state index >= 15 is 0 Å². The predicted molar refractivity (Wildman–Crippen MR) is 56.0 cm³/mol. The lowest BCUT2D eigenvalue weighted by Crippen LogP contribution is -2.31. The summed E-state index contributed by atoms with van der Waals surface area (Å²) >= 11 is -0.0423. The molecule has 1 aliphatic heterocycles. The minimum absolute atomic E-state index is 0.0211. The second kappa shape index (κ2) is 3.39. The molecule has 1 aromatic carbocycles. The molecule has 0 atom stereocenters. The standard InChI is InChI=1S/C9H6O4S2/c10-9-6-3-1-2-4-8(6)15(12,13)5-7(9)14-11/h1-4H,5H2. The van der Waals surface area contributed by atoms with Crippen molar-refractivity contribution in [3.8, 4) is 0 Å². The molecule has 0 radical (unpaired) electrons. The third kappa shape index (κ3) is 1.55. The quantitative estimate of drug-likeness (QED) is 0.602. The number of rotatable bonds is 0. The Hall–Kier alpha value is -1.27. The van der Waals surface area contributed by atoms with Crippen molar-refractivity contribution >= 4 is 31.7 Å². The van der Waals surface area contributed by atoms with Gasteiger partial charge in [0.05, 0.1) is 21.9 Å². The maximum absolute atomic E-state index is 11.7. The summed E-state index contributed by atoms with van der Waals surface area (Å²) in [5.41, 5.74) is 0.0992. The van der Waals surface area contributed by atoms with Gasteiger partial charge in [0.2, 0.25) is 5.78 Å². The van der Waals surface area contributed by atoms with Crippen LogP contribution in [0.2, 0.25) is 0 Å². The summed E-state index contributed by atoms with van der Waals surface area (Å²) in [6.07, 6.45) is 0. The van der Waals surface area contributed by atoms with Gasteiger partial charge in [0.15, 0.2) is 9.84 Å². The van der Waals surface area contributed by atoms with E-state index in [1.165, 1.54) is 12.1 Å². The highest BCUT2D eigenvalue weighted by Crippen LogP contribution is 2.22. The van der Waals surface area contributed by atoms with Crippen LogP contribution in [-0.4, -0.2) is 29.0 Å². The molecule has 1 heterocycles. The smallest absolute Gasteiger partial charge is 0.204 e. The molecule has 1 aromatic rings. The Kier molecular flexibility index (Phi) is 2.32. The number of fused-ring (bicyclic) bond motifs is 1. The Labute approximate surface area is 89.9 Å². The van der Waals surface area contributed by atoms with E-state index in [1.807, 2.05) is 0 Å². The number of hydrogen-bond acceptors (Lipinski definition) is 4. The molecule has 2 rings (SSSR count). The van der Waals surface area contributed by atoms with Crippen LogP contribution in [0.4, 0.5) is 0 Å². The van der Waals surface area contributed by atoms with Crippen molar-refractivity contribution in [2.75, 3.05) is 5.75 Å². The van der Waals surface area contributed by atoms with Crippen molar-refractivity contribution in [2.24, 2.45) is 0 Å². The summed E-state index contributed by atoms with van der Waals surface area (Å²) in [7, 11) is -3.51. The van der Waals surface area contributed by atoms with Gasteiger partial charge >= 0.3 is 0 Å². The molecule has 0 aromatic heterocycles. The van der Waals surface area contributed by atoms with Gasteiger partial charge < -0.3 is 0 Å². The Morgan fingerprint density at radius 1 is 1.20 bits per heavy atom. The average Bonchev–Trinajstić information content (AvgIpc) is 2.24. The molecule has 0 fully saturated rings. The molecule has 0 aliphatic carbocycles. The zero-order valence-corrected chi connectivity index (χ0v) is 9.10. The number of ketones is 1. The normalized spacial score (nSPS) is 18.4. The summed E-state index contributed by atoms with van der Waals surface area (Å²) in [5, 5.41) is 0. The van der Waals surface area contributed by atoms with Crippen molar-refractivity contribution in [1.82, 2.24) is 0 Å². The van der Waals surface area contributed by atoms with Gasteiger partial charge in [-0.2, -0.15) is 0 Å². The molecule has 0 N–H and O–H groups in total. The van der Waals surface area contributed by atoms with Gasteiger partial charge in [-0.1, -0.05) is 12.1 Å². The molecule has 1 aliphatic rings. The van der Waals surface area contributed by atoms with Gasteiger partial charge in [0, 0.05) is 5.56 Å². The van der Waals surface area contributed by atoms with Gasteiger partial charge in [0.1, 0.15) is 4.86 Å². The van der Waals surface area contributed by atoms with E-state index in [-0.39, 0.29) is 26.6 Å². The van der Waals surface area contributed by atoms with Gasteiger partial charge in [-0.15, -0.1) is 0 Å². The first-order valence-electron chi connectivity index (χ1n) is 4.08. The Bertz CT molecular complexity index is 594. The van der Waals surface area contributed by atoms with Crippen LogP contribution in [0, 0.1) is 0 Å². The van der Waals surface area contributed by atoms with Crippen LogP contribution in [0.25, 0.3) is 0 Å². The van der Waals surface area contributed by atoms with E-state index in [2.05, 4.69) is 0 Å². The molecule has 6 heteroatoms. The molecule has 15 heavy (non-hydrogen) atoms. The molecular formula is C9H6O4S2. The first-order valence-corrected chi connectivity index (χ1v) is 6.48. The van der Waals surface area contributed by atoms with E-state index in [4.69, 9.17) is 0 Å². The van der Waals surface area contributed by atoms with E-state index in [1.54, 1.807) is 12.1 Å². The highest BCUT2D eigenvalue weighted by molar-refractivity contribution is 7.93. The number of carbonyl (C=O) groups excluding carboxylic acids is 1. The fraction of sp³-hybridized carbons (Fsp3) is 0.111. The van der Waals surface area contributed by atoms with Gasteiger partial charge in [0.25, 0.3) is 0 Å². The van der Waals surface area contributed by atoms with E-state index < -0.39 is 21.4 Å². The number of sulfone groups is 1. The van der Waals surface area contributed by atoms with Crippen molar-refractivity contribution in [1.29, 1.82) is 0 Å². The van der Waals surface area contributed by atoms with Crippen molar-refractivity contribution in [3.05, 3.63) is 29.8 Å². The fourth-order valence-electron chi connectivity index (χ4n) is 1.45. The molecule has 0 spiro atoms. The van der Waals surface area contributed by atoms with Crippen LogP contribution < -0.4 is 0 Å². The summed E-state index contributed by atoms with van der Waals surface area (Å²) < 4.78 is 33.9. The van der Waals surface area contributed by atoms with Crippen molar-refractivity contribution < 1.29 is 17.4 Å². The third-order valence-electron chi connectivity index (χ3n) is 2.14. The third-order valence-corrected chi connectivity index (χ3v) is 4.55. The highest BCUT2D eigenvalue weighted by atomic mass is 32.2. The molecular weight excluding hydrogens is 236 g/mol. The minimum atomic E-state index is -3.51. The average molecular weight is 242 g/mol. The van der Waals surface area contributed by atoms with Crippen LogP contribution in [-0.2, 0) is 21.1 Å². The number of Topliss-reactive ketones (excluding diaryl/α,β-unsaturated/α-hetero) is 1. The largest absolute Gasteiger partial charge is 0.288 e. The zero-order valence-electron chi connectivity index (χ0n) is 7.47. The SMILES string of the molecule is O=S=C1CS(=O)(=O)c2ccccc2C1=O. The van der Waals surface area contributed by atoms with Crippen LogP contribution in [0.15, 0.2) is 29.2 Å². The number of benzene rings is 1. The van der Waals surface area contributed by atoms with Crippen LogP contribution in [0.3, 0.4) is 0 Å². The second-order valence-electron chi connectivity index (χ2n) is 3.09. The van der Waals surface area contributed by atoms with Gasteiger partial charge in [-0.05, 0) is 12.1 Å². The second-order valence-corrected chi connectivity index (χ2v) is 5.71. The van der Waals surface area contributed by atoms with Gasteiger partial charge in [-0.25, -0.2) is 12.6 Å². The van der Waals surface area contributed by atoms with E-state index in [0.29, 0.717) is 0 Å². The van der Waals surface area contributed by atoms with E-state index in [0.717, 1.165) is 0 Å². The minimum Gasteiger partial charge on any atom is -0.288 e. The maximum Gasteiger partial charge on any atom is 0.204 e. The molecule has 0 bridgehead atoms. The van der Waals surface area contributed by atoms with Crippen molar-refractivity contribution in [2.45, 2.75) is 4.90 Å². The molecule has 0 amide bonds. The van der Waals surface area contributed by atoms with Crippen LogP contribution in [0.1, 0.15) is 10.4 Å². The lowest BCUT2D eigenvalue weighted by molar-refractivity contribution is 0.106. The van der Waals surface area contributed by atoms with Crippen molar-refractivity contribution in [3.63, 3.8) is 0 Å². The molecule has 4 nitrogen and oxygen atoms in total. The van der Waals surface area contributed by atoms with E-state index in [9.17, 15) is 17.4 Å². The van der Waals surface area contributed by atoms with Gasteiger partial charge in [-0.3, -0.25) is 4.79 Å². The molecule has 0 unspecified atom stereocenters. The highest BCUT2D eigenvalue weighted by Gasteiger charge is 2.33. The summed E-state index contributed by atoms with van der Waals surface area (Å²) in [6, 6.07) is 5.93. The lowest BCUT2D eigenvalue weighted by Gasteiger charge is -2.14. The molecule has 78 valence electrons. The Morgan fingerprint density at radius 2 is 1.87 bits per heavy atom. The first kappa shape index (κ1) is 10.3.